The lowest BCUT2D eigenvalue weighted by molar-refractivity contribution is 0.470. The van der Waals surface area contributed by atoms with E-state index >= 15 is 0 Å². The molecule has 1 aliphatic rings. The highest BCUT2D eigenvalue weighted by Crippen LogP contribution is 2.29. The molecule has 21 heavy (non-hydrogen) atoms. The Morgan fingerprint density at radius 2 is 2.19 bits per heavy atom. The molecule has 1 saturated heterocycles. The van der Waals surface area contributed by atoms with Gasteiger partial charge in [0.1, 0.15) is 18.0 Å². The van der Waals surface area contributed by atoms with Gasteiger partial charge in [0.25, 0.3) is 0 Å². The van der Waals surface area contributed by atoms with Crippen molar-refractivity contribution >= 4 is 10.0 Å². The van der Waals surface area contributed by atoms with Gasteiger partial charge in [-0.1, -0.05) is 0 Å². The third kappa shape index (κ3) is 2.68. The first-order chi connectivity index (χ1) is 9.96. The van der Waals surface area contributed by atoms with Gasteiger partial charge in [0.2, 0.25) is 10.0 Å². The van der Waals surface area contributed by atoms with Crippen LogP contribution in [-0.2, 0) is 10.0 Å². The van der Waals surface area contributed by atoms with Crippen molar-refractivity contribution in [2.45, 2.75) is 24.2 Å². The molecule has 0 amide bonds. The van der Waals surface area contributed by atoms with Crippen LogP contribution in [0.1, 0.15) is 23.7 Å². The highest BCUT2D eigenvalue weighted by molar-refractivity contribution is 7.89. The molecule has 1 aromatic heterocycles. The Labute approximate surface area is 122 Å². The van der Waals surface area contributed by atoms with Crippen molar-refractivity contribution in [1.29, 1.82) is 0 Å². The molecule has 0 aliphatic carbocycles. The highest BCUT2D eigenvalue weighted by Gasteiger charge is 2.34. The van der Waals surface area contributed by atoms with E-state index in [-0.39, 0.29) is 10.8 Å². The van der Waals surface area contributed by atoms with Gasteiger partial charge in [0.15, 0.2) is 0 Å². The molecule has 2 heterocycles. The summed E-state index contributed by atoms with van der Waals surface area (Å²) >= 11 is 0. The number of nitrogens with zero attached hydrogens (tertiary/aromatic N) is 3. The van der Waals surface area contributed by atoms with Gasteiger partial charge < -0.3 is 0 Å². The largest absolute Gasteiger partial charge is 0.263 e. The van der Waals surface area contributed by atoms with Crippen molar-refractivity contribution in [3.05, 3.63) is 41.7 Å². The van der Waals surface area contributed by atoms with E-state index in [4.69, 9.17) is 0 Å². The number of halogens is 1. The topological polar surface area (TPSA) is 79.0 Å². The van der Waals surface area contributed by atoms with Crippen molar-refractivity contribution in [2.75, 3.05) is 13.1 Å². The fourth-order valence-electron chi connectivity index (χ4n) is 2.58. The molecule has 1 aromatic carbocycles. The Morgan fingerprint density at radius 3 is 2.86 bits per heavy atom. The van der Waals surface area contributed by atoms with Crippen LogP contribution >= 0.6 is 0 Å². The number of hydrogen-bond acceptors (Lipinski definition) is 4. The Hall–Kier alpha value is -1.80. The van der Waals surface area contributed by atoms with Crippen molar-refractivity contribution in [3.8, 4) is 0 Å². The first kappa shape index (κ1) is 14.2. The smallest absolute Gasteiger partial charge is 0.243 e. The van der Waals surface area contributed by atoms with Gasteiger partial charge in [-0.2, -0.15) is 9.40 Å². The van der Waals surface area contributed by atoms with E-state index in [9.17, 15) is 12.8 Å². The molecular formula is C13H15FN4O2S. The molecule has 8 heteroatoms. The van der Waals surface area contributed by atoms with Crippen molar-refractivity contribution in [3.63, 3.8) is 0 Å². The number of aromatic amines is 1. The number of hydrogen-bond donors (Lipinski definition) is 1. The number of aryl methyl sites for hydroxylation is 1. The van der Waals surface area contributed by atoms with Gasteiger partial charge in [-0.05, 0) is 37.1 Å². The van der Waals surface area contributed by atoms with E-state index in [2.05, 4.69) is 15.2 Å². The summed E-state index contributed by atoms with van der Waals surface area (Å²) in [6.45, 7) is 2.39. The van der Waals surface area contributed by atoms with E-state index in [1.807, 2.05) is 0 Å². The molecule has 0 unspecified atom stereocenters. The number of nitrogens with one attached hydrogen (secondary N) is 1. The van der Waals surface area contributed by atoms with Gasteiger partial charge in [0.05, 0.1) is 4.90 Å². The third-order valence-electron chi connectivity index (χ3n) is 3.62. The lowest BCUT2D eigenvalue weighted by atomic mass is 10.1. The van der Waals surface area contributed by atoms with Gasteiger partial charge in [0, 0.05) is 19.0 Å². The summed E-state index contributed by atoms with van der Waals surface area (Å²) < 4.78 is 39.9. The summed E-state index contributed by atoms with van der Waals surface area (Å²) in [5.41, 5.74) is 0.583. The molecule has 1 atom stereocenters. The second kappa shape index (κ2) is 5.19. The van der Waals surface area contributed by atoms with Crippen LogP contribution in [0.15, 0.2) is 29.4 Å². The Morgan fingerprint density at radius 1 is 1.38 bits per heavy atom. The average molecular weight is 310 g/mol. The number of sulfonamides is 1. The predicted octanol–water partition coefficient (Wildman–Crippen LogP) is 1.43. The summed E-state index contributed by atoms with van der Waals surface area (Å²) in [6.07, 6.45) is 2.07. The maximum atomic E-state index is 13.4. The second-order valence-electron chi connectivity index (χ2n) is 5.18. The van der Waals surface area contributed by atoms with E-state index in [1.165, 1.54) is 22.8 Å². The molecule has 112 valence electrons. The van der Waals surface area contributed by atoms with Crippen molar-refractivity contribution in [1.82, 2.24) is 19.5 Å². The fourth-order valence-corrected chi connectivity index (χ4v) is 4.20. The molecule has 0 bridgehead atoms. The molecule has 3 rings (SSSR count). The lowest BCUT2D eigenvalue weighted by Crippen LogP contribution is -2.29. The monoisotopic (exact) mass is 310 g/mol. The second-order valence-corrected chi connectivity index (χ2v) is 7.12. The van der Waals surface area contributed by atoms with Crippen LogP contribution in [0.3, 0.4) is 0 Å². The molecule has 0 radical (unpaired) electrons. The molecular weight excluding hydrogens is 295 g/mol. The summed E-state index contributed by atoms with van der Waals surface area (Å²) in [7, 11) is -3.68. The van der Waals surface area contributed by atoms with Gasteiger partial charge in [-0.25, -0.2) is 17.8 Å². The van der Waals surface area contributed by atoms with Crippen LogP contribution in [0.4, 0.5) is 4.39 Å². The predicted molar refractivity (Wildman–Crippen MR) is 73.6 cm³/mol. The van der Waals surface area contributed by atoms with E-state index in [0.29, 0.717) is 30.9 Å². The van der Waals surface area contributed by atoms with E-state index < -0.39 is 15.8 Å². The SMILES string of the molecule is Cc1cc(F)cc(S(=O)(=O)N2CC[C@@H](c3ncn[nH]3)C2)c1. The van der Waals surface area contributed by atoms with Gasteiger partial charge >= 0.3 is 0 Å². The molecule has 1 N–H and O–H groups in total. The van der Waals surface area contributed by atoms with Crippen molar-refractivity contribution < 1.29 is 12.8 Å². The summed E-state index contributed by atoms with van der Waals surface area (Å²) in [5, 5.41) is 6.55. The van der Waals surface area contributed by atoms with E-state index in [0.717, 1.165) is 6.07 Å². The molecule has 0 spiro atoms. The molecule has 0 saturated carbocycles. The first-order valence-corrected chi connectivity index (χ1v) is 8.03. The zero-order chi connectivity index (χ0) is 15.0. The van der Waals surface area contributed by atoms with Crippen LogP contribution in [-0.4, -0.2) is 41.0 Å². The Bertz CT molecular complexity index is 725. The minimum absolute atomic E-state index is 0.00165. The normalized spacial score (nSPS) is 20.0. The zero-order valence-corrected chi connectivity index (χ0v) is 12.3. The first-order valence-electron chi connectivity index (χ1n) is 6.59. The van der Waals surface area contributed by atoms with Crippen LogP contribution in [0, 0.1) is 12.7 Å². The summed E-state index contributed by atoms with van der Waals surface area (Å²) in [6, 6.07) is 3.85. The minimum atomic E-state index is -3.68. The summed E-state index contributed by atoms with van der Waals surface area (Å²) in [4.78, 5) is 4.07. The Kier molecular flexibility index (Phi) is 3.50. The maximum absolute atomic E-state index is 13.4. The number of aromatic nitrogens is 3. The standard InChI is InChI=1S/C13H15FN4O2S/c1-9-4-11(14)6-12(5-9)21(19,20)18-3-2-10(7-18)13-15-8-16-17-13/h4-6,8,10H,2-3,7H2,1H3,(H,15,16,17)/t10-/m1/s1. The molecule has 1 aliphatic heterocycles. The van der Waals surface area contributed by atoms with Crippen LogP contribution in [0.5, 0.6) is 0 Å². The minimum Gasteiger partial charge on any atom is -0.263 e. The average Bonchev–Trinajstić information content (AvgIpc) is 3.09. The number of rotatable bonds is 3. The quantitative estimate of drug-likeness (QED) is 0.930. The van der Waals surface area contributed by atoms with Crippen LogP contribution < -0.4 is 0 Å². The number of H-pyrrole nitrogens is 1. The third-order valence-corrected chi connectivity index (χ3v) is 5.47. The maximum Gasteiger partial charge on any atom is 0.243 e. The summed E-state index contributed by atoms with van der Waals surface area (Å²) in [5.74, 6) is 0.139. The fraction of sp³-hybridized carbons (Fsp3) is 0.385. The van der Waals surface area contributed by atoms with Gasteiger partial charge in [-0.15, -0.1) is 0 Å². The highest BCUT2D eigenvalue weighted by atomic mass is 32.2. The molecule has 1 fully saturated rings. The van der Waals surface area contributed by atoms with E-state index in [1.54, 1.807) is 6.92 Å². The Balaban J connectivity index is 1.86. The molecule has 6 nitrogen and oxygen atoms in total. The zero-order valence-electron chi connectivity index (χ0n) is 11.5. The van der Waals surface area contributed by atoms with Crippen molar-refractivity contribution in [2.24, 2.45) is 0 Å². The molecule has 2 aromatic rings. The lowest BCUT2D eigenvalue weighted by Gasteiger charge is -2.16. The van der Waals surface area contributed by atoms with Crippen LogP contribution in [0.2, 0.25) is 0 Å². The van der Waals surface area contributed by atoms with Gasteiger partial charge in [-0.3, -0.25) is 5.10 Å². The number of benzene rings is 1. The van der Waals surface area contributed by atoms with Crippen LogP contribution in [0.25, 0.3) is 0 Å².